The molecule has 0 atom stereocenters. The van der Waals surface area contributed by atoms with Gasteiger partial charge < -0.3 is 14.0 Å². The summed E-state index contributed by atoms with van der Waals surface area (Å²) in [4.78, 5) is 24.9. The molecule has 0 amide bonds. The zero-order chi connectivity index (χ0) is 19.4. The summed E-state index contributed by atoms with van der Waals surface area (Å²) in [5.74, 6) is 0.0725. The van der Waals surface area contributed by atoms with Gasteiger partial charge in [0.1, 0.15) is 5.75 Å². The molecule has 0 aliphatic rings. The fraction of sp³-hybridized carbons (Fsp3) is 0.182. The number of methoxy groups -OCH3 is 2. The summed E-state index contributed by atoms with van der Waals surface area (Å²) in [5, 5.41) is 0. The maximum absolute atomic E-state index is 12.7. The van der Waals surface area contributed by atoms with Crippen molar-refractivity contribution < 1.29 is 14.3 Å². The maximum Gasteiger partial charge on any atom is 0.338 e. The average molecular weight is 363 g/mol. The Morgan fingerprint density at radius 1 is 1.00 bits per heavy atom. The lowest BCUT2D eigenvalue weighted by atomic mass is 9.99. The Balaban J connectivity index is 2.06. The lowest BCUT2D eigenvalue weighted by Gasteiger charge is -2.14. The zero-order valence-electron chi connectivity index (χ0n) is 15.6. The van der Waals surface area contributed by atoms with Crippen LogP contribution in [-0.2, 0) is 11.3 Å². The predicted molar refractivity (Wildman–Crippen MR) is 104 cm³/mol. The molecule has 3 aromatic rings. The molecule has 0 N–H and O–H groups in total. The molecule has 0 fully saturated rings. The summed E-state index contributed by atoms with van der Waals surface area (Å²) in [6.07, 6.45) is 0. The highest BCUT2D eigenvalue weighted by molar-refractivity contribution is 5.97. The number of pyridine rings is 1. The van der Waals surface area contributed by atoms with Gasteiger partial charge in [0.15, 0.2) is 0 Å². The normalized spacial score (nSPS) is 10.5. The van der Waals surface area contributed by atoms with Crippen LogP contribution in [0.15, 0.2) is 65.5 Å². The van der Waals surface area contributed by atoms with E-state index in [1.165, 1.54) is 14.2 Å². The summed E-state index contributed by atoms with van der Waals surface area (Å²) in [6.45, 7) is 2.38. The van der Waals surface area contributed by atoms with Gasteiger partial charge in [0.2, 0.25) is 0 Å². The molecule has 3 rings (SSSR count). The van der Waals surface area contributed by atoms with Crippen molar-refractivity contribution >= 4 is 5.97 Å². The average Bonchev–Trinajstić information content (AvgIpc) is 2.70. The van der Waals surface area contributed by atoms with Crippen LogP contribution in [0.25, 0.3) is 11.1 Å². The minimum atomic E-state index is -0.477. The zero-order valence-corrected chi connectivity index (χ0v) is 15.6. The molecule has 0 saturated heterocycles. The van der Waals surface area contributed by atoms with E-state index in [2.05, 4.69) is 0 Å². The van der Waals surface area contributed by atoms with Gasteiger partial charge in [-0.25, -0.2) is 4.79 Å². The summed E-state index contributed by atoms with van der Waals surface area (Å²) in [5.41, 5.74) is 3.40. The third-order valence-electron chi connectivity index (χ3n) is 4.46. The fourth-order valence-corrected chi connectivity index (χ4v) is 3.03. The second-order valence-electron chi connectivity index (χ2n) is 6.20. The topological polar surface area (TPSA) is 57.5 Å². The Bertz CT molecular complexity index is 1020. The number of aromatic nitrogens is 1. The van der Waals surface area contributed by atoms with E-state index < -0.39 is 5.97 Å². The number of nitrogens with zero attached hydrogens (tertiary/aromatic N) is 1. The second-order valence-corrected chi connectivity index (χ2v) is 6.20. The van der Waals surface area contributed by atoms with Gasteiger partial charge in [-0.1, -0.05) is 30.3 Å². The number of hydrogen-bond donors (Lipinski definition) is 0. The second kappa shape index (κ2) is 7.91. The highest BCUT2D eigenvalue weighted by Gasteiger charge is 2.16. The molecule has 0 saturated carbocycles. The number of carbonyl (C=O) groups is 1. The molecule has 2 aromatic carbocycles. The van der Waals surface area contributed by atoms with Gasteiger partial charge in [-0.05, 0) is 47.9 Å². The lowest BCUT2D eigenvalue weighted by molar-refractivity contribution is 0.0601. The number of ether oxygens (including phenoxy) is 2. The number of esters is 1. The molecule has 138 valence electrons. The van der Waals surface area contributed by atoms with Gasteiger partial charge >= 0.3 is 5.97 Å². The molecule has 0 spiro atoms. The van der Waals surface area contributed by atoms with Gasteiger partial charge in [-0.2, -0.15) is 0 Å². The first-order valence-electron chi connectivity index (χ1n) is 8.55. The van der Waals surface area contributed by atoms with Crippen molar-refractivity contribution in [2.45, 2.75) is 13.5 Å². The van der Waals surface area contributed by atoms with E-state index in [-0.39, 0.29) is 5.56 Å². The van der Waals surface area contributed by atoms with Gasteiger partial charge in [-0.3, -0.25) is 4.79 Å². The molecule has 0 unspecified atom stereocenters. The van der Waals surface area contributed by atoms with Gasteiger partial charge in [0.05, 0.1) is 26.3 Å². The highest BCUT2D eigenvalue weighted by Crippen LogP contribution is 2.28. The monoisotopic (exact) mass is 363 g/mol. The molecule has 27 heavy (non-hydrogen) atoms. The largest absolute Gasteiger partial charge is 0.497 e. The summed E-state index contributed by atoms with van der Waals surface area (Å²) in [6, 6.07) is 18.4. The minimum absolute atomic E-state index is 0.125. The van der Waals surface area contributed by atoms with E-state index in [9.17, 15) is 9.59 Å². The quantitative estimate of drug-likeness (QED) is 0.649. The van der Waals surface area contributed by atoms with Crippen LogP contribution in [0.4, 0.5) is 0 Å². The molecular weight excluding hydrogens is 342 g/mol. The fourth-order valence-electron chi connectivity index (χ4n) is 3.03. The van der Waals surface area contributed by atoms with E-state index >= 15 is 0 Å². The van der Waals surface area contributed by atoms with Crippen LogP contribution >= 0.6 is 0 Å². The predicted octanol–water partition coefficient (Wildman–Crippen LogP) is 3.67. The first kappa shape index (κ1) is 18.5. The number of hydrogen-bond acceptors (Lipinski definition) is 4. The number of benzene rings is 2. The molecule has 0 radical (unpaired) electrons. The Hall–Kier alpha value is -3.34. The standard InChI is InChI=1S/C22H21NO4/c1-15-11-17(12-21(24)23(15)14-16-7-5-4-6-8-16)19-10-9-18(26-2)13-20(19)22(25)27-3/h4-13H,14H2,1-3H3. The number of carbonyl (C=O) groups excluding carboxylic acids is 1. The van der Waals surface area contributed by atoms with Crippen LogP contribution < -0.4 is 10.3 Å². The van der Waals surface area contributed by atoms with Crippen molar-refractivity contribution in [1.82, 2.24) is 4.57 Å². The molecule has 0 aliphatic carbocycles. The van der Waals surface area contributed by atoms with Crippen LogP contribution in [0, 0.1) is 6.92 Å². The van der Waals surface area contributed by atoms with Crippen molar-refractivity contribution in [1.29, 1.82) is 0 Å². The highest BCUT2D eigenvalue weighted by atomic mass is 16.5. The van der Waals surface area contributed by atoms with Crippen molar-refractivity contribution in [2.24, 2.45) is 0 Å². The Morgan fingerprint density at radius 3 is 2.37 bits per heavy atom. The Morgan fingerprint density at radius 2 is 1.74 bits per heavy atom. The molecule has 1 aromatic heterocycles. The number of rotatable bonds is 5. The van der Waals surface area contributed by atoms with Crippen LogP contribution in [-0.4, -0.2) is 24.8 Å². The number of aryl methyl sites for hydroxylation is 1. The van der Waals surface area contributed by atoms with E-state index in [4.69, 9.17) is 9.47 Å². The first-order chi connectivity index (χ1) is 13.0. The molecular formula is C22H21NO4. The van der Waals surface area contributed by atoms with E-state index in [1.807, 2.05) is 43.3 Å². The molecule has 1 heterocycles. The van der Waals surface area contributed by atoms with Crippen molar-refractivity contribution in [3.63, 3.8) is 0 Å². The molecule has 5 nitrogen and oxygen atoms in total. The summed E-state index contributed by atoms with van der Waals surface area (Å²) < 4.78 is 11.8. The van der Waals surface area contributed by atoms with Crippen LogP contribution in [0.3, 0.4) is 0 Å². The van der Waals surface area contributed by atoms with Gasteiger partial charge in [0, 0.05) is 11.8 Å². The Kier molecular flexibility index (Phi) is 5.41. The smallest absolute Gasteiger partial charge is 0.338 e. The molecule has 5 heteroatoms. The van der Waals surface area contributed by atoms with Crippen molar-refractivity contribution in [3.05, 3.63) is 87.8 Å². The third-order valence-corrected chi connectivity index (χ3v) is 4.46. The maximum atomic E-state index is 12.7. The van der Waals surface area contributed by atoms with Crippen LogP contribution in [0.5, 0.6) is 5.75 Å². The first-order valence-corrected chi connectivity index (χ1v) is 8.55. The summed E-state index contributed by atoms with van der Waals surface area (Å²) >= 11 is 0. The van der Waals surface area contributed by atoms with Crippen molar-refractivity contribution in [3.8, 4) is 16.9 Å². The van der Waals surface area contributed by atoms with Crippen LogP contribution in [0.1, 0.15) is 21.6 Å². The van der Waals surface area contributed by atoms with Crippen molar-refractivity contribution in [2.75, 3.05) is 14.2 Å². The van der Waals surface area contributed by atoms with E-state index in [0.29, 0.717) is 29.0 Å². The summed E-state index contributed by atoms with van der Waals surface area (Å²) in [7, 11) is 2.86. The SMILES string of the molecule is COC(=O)c1cc(OC)ccc1-c1cc(C)n(Cc2ccccc2)c(=O)c1. The van der Waals surface area contributed by atoms with Gasteiger partial charge in [-0.15, -0.1) is 0 Å². The Labute approximate surface area is 157 Å². The minimum Gasteiger partial charge on any atom is -0.497 e. The van der Waals surface area contributed by atoms with Crippen LogP contribution in [0.2, 0.25) is 0 Å². The molecule has 0 bridgehead atoms. The molecule has 0 aliphatic heterocycles. The lowest BCUT2D eigenvalue weighted by Crippen LogP contribution is -2.22. The van der Waals surface area contributed by atoms with Gasteiger partial charge in [0.25, 0.3) is 5.56 Å². The third kappa shape index (κ3) is 3.92. The van der Waals surface area contributed by atoms with E-state index in [1.54, 1.807) is 28.8 Å². The van der Waals surface area contributed by atoms with E-state index in [0.717, 1.165) is 11.3 Å².